The predicted molar refractivity (Wildman–Crippen MR) is 187 cm³/mol. The van der Waals surface area contributed by atoms with E-state index >= 15 is 0 Å². The second kappa shape index (κ2) is 34.2. The van der Waals surface area contributed by atoms with E-state index in [-0.39, 0.29) is 6.42 Å². The Kier molecular flexibility index (Phi) is 37.5. The molecule has 0 aliphatic carbocycles. The van der Waals surface area contributed by atoms with Gasteiger partial charge in [0, 0.05) is 24.6 Å². The molecular weight excluding hydrogens is 522 g/mol. The fourth-order valence-electron chi connectivity index (χ4n) is 3.34. The van der Waals surface area contributed by atoms with Crippen LogP contribution in [-0.4, -0.2) is 49.4 Å². The number of benzene rings is 1. The molecule has 1 unspecified atom stereocenters. The first-order valence-corrected chi connectivity index (χ1v) is 15.2. The molecule has 0 bridgehead atoms. The predicted octanol–water partition coefficient (Wildman–Crippen LogP) is 8.43. The van der Waals surface area contributed by atoms with Gasteiger partial charge in [-0.1, -0.05) is 74.1 Å². The number of carboxylic acid groups (broad SMARTS) is 1. The molecule has 0 aromatic heterocycles. The fourth-order valence-corrected chi connectivity index (χ4v) is 3.34. The zero-order valence-corrected chi connectivity index (χ0v) is 28.9. The van der Waals surface area contributed by atoms with Crippen LogP contribution in [0.3, 0.4) is 0 Å². The van der Waals surface area contributed by atoms with Crippen molar-refractivity contribution in [2.45, 2.75) is 101 Å². The molecule has 1 aliphatic rings. The van der Waals surface area contributed by atoms with Crippen molar-refractivity contribution in [2.24, 2.45) is 17.4 Å². The van der Waals surface area contributed by atoms with Crippen molar-refractivity contribution in [3.63, 3.8) is 0 Å². The summed E-state index contributed by atoms with van der Waals surface area (Å²) in [6.07, 6.45) is 16.5. The number of hydrogen-bond acceptors (Lipinski definition) is 5. The van der Waals surface area contributed by atoms with Gasteiger partial charge in [-0.05, 0) is 118 Å². The maximum Gasteiger partial charge on any atom is 0.303 e. The summed E-state index contributed by atoms with van der Waals surface area (Å²) in [7, 11) is 3.57. The lowest BCUT2D eigenvalue weighted by Gasteiger charge is -2.25. The third-order valence-electron chi connectivity index (χ3n) is 5.95. The molecule has 2 rings (SSSR count). The van der Waals surface area contributed by atoms with Gasteiger partial charge >= 0.3 is 5.97 Å². The molecule has 1 aromatic carbocycles. The van der Waals surface area contributed by atoms with E-state index in [4.69, 9.17) is 10.8 Å². The number of allylic oxidation sites excluding steroid dienone is 8. The molecule has 1 fully saturated rings. The lowest BCUT2D eigenvalue weighted by Crippen LogP contribution is -2.32. The molecule has 0 amide bonds. The second-order valence-corrected chi connectivity index (χ2v) is 10.0. The van der Waals surface area contributed by atoms with Crippen molar-refractivity contribution < 1.29 is 14.7 Å². The Bertz CT molecular complexity index is 873. The topological polar surface area (TPSA) is 110 Å². The van der Waals surface area contributed by atoms with Crippen LogP contribution in [0, 0.1) is 5.92 Å². The normalized spacial score (nSPS) is 14.2. The summed E-state index contributed by atoms with van der Waals surface area (Å²) in [4.78, 5) is 22.9. The highest BCUT2D eigenvalue weighted by Crippen LogP contribution is 2.18. The zero-order valence-electron chi connectivity index (χ0n) is 28.9. The van der Waals surface area contributed by atoms with E-state index in [0.717, 1.165) is 49.9 Å². The molecule has 0 radical (unpaired) electrons. The molecule has 1 heterocycles. The van der Waals surface area contributed by atoms with Crippen LogP contribution in [0.15, 0.2) is 65.9 Å². The quantitative estimate of drug-likeness (QED) is 0.218. The van der Waals surface area contributed by atoms with Crippen molar-refractivity contribution in [1.29, 1.82) is 0 Å². The number of hydrogen-bond donors (Lipinski definition) is 3. The number of nitrogens with zero attached hydrogens (tertiary/aromatic N) is 1. The fraction of sp³-hybridized carbons (Fsp3) is 0.556. The summed E-state index contributed by atoms with van der Waals surface area (Å²) in [5, 5.41) is 8.58. The summed E-state index contributed by atoms with van der Waals surface area (Å²) in [6, 6.07) is 8.12. The van der Waals surface area contributed by atoms with E-state index in [9.17, 15) is 9.59 Å². The van der Waals surface area contributed by atoms with Gasteiger partial charge in [0.1, 0.15) is 6.29 Å². The summed E-state index contributed by atoms with van der Waals surface area (Å²) in [5.41, 5.74) is 15.5. The van der Waals surface area contributed by atoms with Crippen LogP contribution < -0.4 is 11.5 Å². The Morgan fingerprint density at radius 1 is 0.976 bits per heavy atom. The number of carbonyl (C=O) groups is 2. The van der Waals surface area contributed by atoms with Crippen LogP contribution in [0.25, 0.3) is 5.57 Å². The maximum absolute atomic E-state index is 10.4. The van der Waals surface area contributed by atoms with E-state index < -0.39 is 5.97 Å². The number of aryl methyl sites for hydroxylation is 1. The number of carbonyl (C=O) groups excluding carboxylic acids is 1. The van der Waals surface area contributed by atoms with Crippen molar-refractivity contribution in [1.82, 2.24) is 4.90 Å². The Labute approximate surface area is 259 Å². The highest BCUT2D eigenvalue weighted by molar-refractivity contribution is 5.68. The van der Waals surface area contributed by atoms with Gasteiger partial charge in [0.2, 0.25) is 0 Å². The SMILES string of the molecule is C/C=C\C.C/C=C\CC.CC(C)=C(C)c1ccc(CCC(=O)O)cc1.CC/C=C(\C)N.CN.CN1CCCC(C=O)C1. The Morgan fingerprint density at radius 2 is 1.52 bits per heavy atom. The number of rotatable bonds is 7. The van der Waals surface area contributed by atoms with Gasteiger partial charge in [-0.25, -0.2) is 0 Å². The summed E-state index contributed by atoms with van der Waals surface area (Å²) in [6.45, 7) is 20.5. The van der Waals surface area contributed by atoms with Gasteiger partial charge in [0.25, 0.3) is 0 Å². The smallest absolute Gasteiger partial charge is 0.303 e. The lowest BCUT2D eigenvalue weighted by molar-refractivity contribution is -0.137. The number of piperidine rings is 1. The molecule has 242 valence electrons. The first-order valence-electron chi connectivity index (χ1n) is 15.2. The summed E-state index contributed by atoms with van der Waals surface area (Å²) in [5.74, 6) is -0.437. The van der Waals surface area contributed by atoms with Crippen LogP contribution >= 0.6 is 0 Å². The second-order valence-electron chi connectivity index (χ2n) is 10.0. The molecule has 42 heavy (non-hydrogen) atoms. The van der Waals surface area contributed by atoms with Gasteiger partial charge in [0.05, 0.1) is 0 Å². The van der Waals surface area contributed by atoms with Gasteiger partial charge in [-0.15, -0.1) is 0 Å². The molecule has 6 nitrogen and oxygen atoms in total. The third kappa shape index (κ3) is 33.2. The largest absolute Gasteiger partial charge is 0.481 e. The van der Waals surface area contributed by atoms with Gasteiger partial charge in [-0.3, -0.25) is 4.79 Å². The first kappa shape index (κ1) is 46.0. The highest BCUT2D eigenvalue weighted by atomic mass is 16.4. The third-order valence-corrected chi connectivity index (χ3v) is 5.95. The van der Waals surface area contributed by atoms with Crippen LogP contribution in [0.1, 0.15) is 106 Å². The molecule has 6 heteroatoms. The monoisotopic (exact) mass is 588 g/mol. The number of likely N-dealkylation sites (tertiary alicyclic amines) is 1. The van der Waals surface area contributed by atoms with E-state index in [1.54, 1.807) is 0 Å². The molecular formula is C36H65N3O3. The molecule has 5 N–H and O–H groups in total. The molecule has 0 spiro atoms. The van der Waals surface area contributed by atoms with Crippen molar-refractivity contribution in [3.05, 3.63) is 77.0 Å². The minimum Gasteiger partial charge on any atom is -0.481 e. The maximum atomic E-state index is 10.4. The van der Waals surface area contributed by atoms with Gasteiger partial charge < -0.3 is 26.3 Å². The molecule has 1 aromatic rings. The highest BCUT2D eigenvalue weighted by Gasteiger charge is 2.15. The average molecular weight is 588 g/mol. The van der Waals surface area contributed by atoms with Gasteiger partial charge in [-0.2, -0.15) is 0 Å². The standard InChI is InChI=1S/C14H18O2.C7H13NO.C5H11N.C5H10.C4H8.CH5N/c1-10(2)11(3)13-7-4-12(5-8-13)6-9-14(15)16;1-8-4-2-3-7(5-8)6-9;1-3-4-5(2)6;1-3-5-4-2;1-3-4-2;1-2/h4-5,7-8H,6,9H2,1-3H3,(H,15,16);6-7H,2-5H2,1H3;4H,3,6H2,1-2H3;3,5H,4H2,1-2H3;3-4H,1-2H3;2H2,1H3/b;;5-4+;5-3-;4-3-;. The number of nitrogens with two attached hydrogens (primary N) is 2. The van der Waals surface area contributed by atoms with Crippen molar-refractivity contribution in [3.8, 4) is 0 Å². The van der Waals surface area contributed by atoms with Gasteiger partial charge in [0.15, 0.2) is 0 Å². The van der Waals surface area contributed by atoms with E-state index in [0.29, 0.717) is 12.3 Å². The van der Waals surface area contributed by atoms with Crippen LogP contribution in [0.4, 0.5) is 0 Å². The average Bonchev–Trinajstić information content (AvgIpc) is 2.98. The van der Waals surface area contributed by atoms with Crippen LogP contribution in [-0.2, 0) is 16.0 Å². The first-order chi connectivity index (χ1) is 19.9. The number of carboxylic acids is 1. The van der Waals surface area contributed by atoms with E-state index in [2.05, 4.69) is 76.6 Å². The van der Waals surface area contributed by atoms with Crippen LogP contribution in [0.2, 0.25) is 0 Å². The van der Waals surface area contributed by atoms with Crippen molar-refractivity contribution in [2.75, 3.05) is 27.2 Å². The number of aliphatic carboxylic acids is 1. The Balaban J connectivity index is -0.000000235. The summed E-state index contributed by atoms with van der Waals surface area (Å²) >= 11 is 0. The zero-order chi connectivity index (χ0) is 33.3. The van der Waals surface area contributed by atoms with E-state index in [1.807, 2.05) is 58.1 Å². The summed E-state index contributed by atoms with van der Waals surface area (Å²) < 4.78 is 0. The molecule has 0 saturated carbocycles. The molecule has 1 atom stereocenters. The number of aldehydes is 1. The lowest BCUT2D eigenvalue weighted by atomic mass is 10.0. The van der Waals surface area contributed by atoms with Crippen molar-refractivity contribution >= 4 is 17.8 Å². The minimum absolute atomic E-state index is 0.195. The minimum atomic E-state index is -0.746. The Hall–Kier alpha value is -2.96. The molecule has 1 saturated heterocycles. The molecule has 1 aliphatic heterocycles. The Morgan fingerprint density at radius 3 is 1.79 bits per heavy atom. The van der Waals surface area contributed by atoms with E-state index in [1.165, 1.54) is 30.2 Å². The van der Waals surface area contributed by atoms with Crippen LogP contribution in [0.5, 0.6) is 0 Å².